The monoisotopic (exact) mass is 250 g/mol. The summed E-state index contributed by atoms with van der Waals surface area (Å²) < 4.78 is 5.22. The van der Waals surface area contributed by atoms with Crippen molar-refractivity contribution in [2.75, 3.05) is 7.11 Å². The largest absolute Gasteiger partial charge is 0.496 e. The number of methoxy groups -OCH3 is 1. The number of hydrogen-bond acceptors (Lipinski definition) is 3. The maximum absolute atomic E-state index is 12.2. The van der Waals surface area contributed by atoms with Gasteiger partial charge in [-0.05, 0) is 51.0 Å². The summed E-state index contributed by atoms with van der Waals surface area (Å²) in [6, 6.07) is 3.33. The number of ketones is 1. The normalized spacial score (nSPS) is 11.2. The topological polar surface area (TPSA) is 63.6 Å². The van der Waals surface area contributed by atoms with Gasteiger partial charge in [-0.3, -0.25) is 9.59 Å². The number of carboxylic acids is 1. The summed E-state index contributed by atoms with van der Waals surface area (Å²) >= 11 is 0. The van der Waals surface area contributed by atoms with Crippen molar-refractivity contribution in [3.63, 3.8) is 0 Å². The lowest BCUT2D eigenvalue weighted by molar-refractivity contribution is -0.144. The summed E-state index contributed by atoms with van der Waals surface area (Å²) in [6.45, 7) is 6.48. The Hall–Kier alpha value is -1.84. The minimum absolute atomic E-state index is 0.399. The molecule has 0 fully saturated rings. The van der Waals surface area contributed by atoms with Crippen LogP contribution in [0.4, 0.5) is 0 Å². The van der Waals surface area contributed by atoms with Gasteiger partial charge in [-0.1, -0.05) is 0 Å². The van der Waals surface area contributed by atoms with Gasteiger partial charge in [-0.15, -0.1) is 0 Å². The predicted octanol–water partition coefficient (Wildman–Crippen LogP) is 2.61. The highest BCUT2D eigenvalue weighted by atomic mass is 16.5. The number of rotatable bonds is 4. The van der Waals surface area contributed by atoms with Gasteiger partial charge in [0.25, 0.3) is 0 Å². The highest BCUT2D eigenvalue weighted by Gasteiger charge is 2.36. The Labute approximate surface area is 107 Å². The Morgan fingerprint density at radius 3 is 1.94 bits per heavy atom. The second kappa shape index (κ2) is 4.80. The van der Waals surface area contributed by atoms with E-state index in [2.05, 4.69) is 0 Å². The number of ether oxygens (including phenoxy) is 1. The zero-order chi connectivity index (χ0) is 14.1. The molecule has 4 nitrogen and oxygen atoms in total. The second-order valence-corrected chi connectivity index (χ2v) is 4.90. The van der Waals surface area contributed by atoms with Gasteiger partial charge in [-0.2, -0.15) is 0 Å². The molecule has 4 heteroatoms. The van der Waals surface area contributed by atoms with Crippen LogP contribution in [0.1, 0.15) is 35.3 Å². The average Bonchev–Trinajstić information content (AvgIpc) is 2.27. The minimum atomic E-state index is -1.42. The molecule has 0 radical (unpaired) electrons. The van der Waals surface area contributed by atoms with E-state index >= 15 is 0 Å². The molecule has 1 aromatic rings. The van der Waals surface area contributed by atoms with Gasteiger partial charge < -0.3 is 9.84 Å². The van der Waals surface area contributed by atoms with E-state index < -0.39 is 17.2 Å². The molecule has 0 aliphatic carbocycles. The number of carbonyl (C=O) groups is 2. The maximum Gasteiger partial charge on any atom is 0.316 e. The molecule has 0 saturated carbocycles. The third-order valence-corrected chi connectivity index (χ3v) is 3.03. The third kappa shape index (κ3) is 2.37. The number of carboxylic acid groups (broad SMARTS) is 1. The summed E-state index contributed by atoms with van der Waals surface area (Å²) in [5.74, 6) is -0.804. The number of carbonyl (C=O) groups excluding carboxylic acids is 1. The van der Waals surface area contributed by atoms with Crippen molar-refractivity contribution in [3.8, 4) is 5.75 Å². The number of aryl methyl sites for hydroxylation is 2. The van der Waals surface area contributed by atoms with Crippen molar-refractivity contribution < 1.29 is 19.4 Å². The first-order valence-corrected chi connectivity index (χ1v) is 5.65. The van der Waals surface area contributed by atoms with Crippen molar-refractivity contribution in [1.29, 1.82) is 0 Å². The smallest absolute Gasteiger partial charge is 0.316 e. The van der Waals surface area contributed by atoms with Gasteiger partial charge in [0.1, 0.15) is 11.2 Å². The van der Waals surface area contributed by atoms with Crippen LogP contribution in [0.15, 0.2) is 12.1 Å². The summed E-state index contributed by atoms with van der Waals surface area (Å²) in [5, 5.41) is 9.07. The SMILES string of the molecule is COc1c(C)cc(C(=O)C(C)(C)C(=O)O)cc1C. The highest BCUT2D eigenvalue weighted by Crippen LogP contribution is 2.28. The molecule has 1 aromatic carbocycles. The van der Waals surface area contributed by atoms with Crippen molar-refractivity contribution in [3.05, 3.63) is 28.8 Å². The van der Waals surface area contributed by atoms with Gasteiger partial charge in [0.2, 0.25) is 0 Å². The van der Waals surface area contributed by atoms with E-state index in [0.29, 0.717) is 5.56 Å². The van der Waals surface area contributed by atoms with Crippen LogP contribution in [-0.4, -0.2) is 24.0 Å². The van der Waals surface area contributed by atoms with Crippen LogP contribution in [0.5, 0.6) is 5.75 Å². The molecule has 1 rings (SSSR count). The summed E-state index contributed by atoms with van der Waals surface area (Å²) in [6.07, 6.45) is 0. The number of benzene rings is 1. The molecule has 1 N–H and O–H groups in total. The Kier molecular flexibility index (Phi) is 3.79. The van der Waals surface area contributed by atoms with E-state index in [9.17, 15) is 9.59 Å². The van der Waals surface area contributed by atoms with Gasteiger partial charge in [0.05, 0.1) is 7.11 Å². The fraction of sp³-hybridized carbons (Fsp3) is 0.429. The van der Waals surface area contributed by atoms with Gasteiger partial charge >= 0.3 is 5.97 Å². The molecule has 0 aliphatic rings. The zero-order valence-corrected chi connectivity index (χ0v) is 11.3. The molecule has 0 heterocycles. The molecule has 18 heavy (non-hydrogen) atoms. The third-order valence-electron chi connectivity index (χ3n) is 3.03. The molecule has 0 unspecified atom stereocenters. The highest BCUT2D eigenvalue weighted by molar-refractivity contribution is 6.11. The van der Waals surface area contributed by atoms with Crippen molar-refractivity contribution in [1.82, 2.24) is 0 Å². The van der Waals surface area contributed by atoms with Crippen LogP contribution in [0.25, 0.3) is 0 Å². The fourth-order valence-electron chi connectivity index (χ4n) is 1.86. The predicted molar refractivity (Wildman–Crippen MR) is 68.2 cm³/mol. The summed E-state index contributed by atoms with van der Waals surface area (Å²) in [4.78, 5) is 23.3. The first kappa shape index (κ1) is 14.2. The van der Waals surface area contributed by atoms with Crippen molar-refractivity contribution >= 4 is 11.8 Å². The van der Waals surface area contributed by atoms with Crippen LogP contribution in [-0.2, 0) is 4.79 Å². The van der Waals surface area contributed by atoms with Crippen LogP contribution >= 0.6 is 0 Å². The molecule has 0 bridgehead atoms. The van der Waals surface area contributed by atoms with Gasteiger partial charge in [0.15, 0.2) is 5.78 Å². The summed E-state index contributed by atoms with van der Waals surface area (Å²) in [5.41, 5.74) is 0.621. The van der Waals surface area contributed by atoms with Crippen molar-refractivity contribution in [2.45, 2.75) is 27.7 Å². The average molecular weight is 250 g/mol. The second-order valence-electron chi connectivity index (χ2n) is 4.90. The van der Waals surface area contributed by atoms with E-state index in [4.69, 9.17) is 9.84 Å². The first-order valence-electron chi connectivity index (χ1n) is 5.65. The molecular formula is C14H18O4. The molecule has 0 aromatic heterocycles. The van der Waals surface area contributed by atoms with Crippen LogP contribution in [0.2, 0.25) is 0 Å². The standard InChI is InChI=1S/C14H18O4/c1-8-6-10(7-9(2)11(8)18-5)12(15)14(3,4)13(16)17/h6-7H,1-5H3,(H,16,17). The lowest BCUT2D eigenvalue weighted by Gasteiger charge is -2.19. The van der Waals surface area contributed by atoms with E-state index in [1.165, 1.54) is 13.8 Å². The minimum Gasteiger partial charge on any atom is -0.496 e. The quantitative estimate of drug-likeness (QED) is 0.659. The lowest BCUT2D eigenvalue weighted by atomic mass is 9.83. The van der Waals surface area contributed by atoms with Gasteiger partial charge in [-0.25, -0.2) is 0 Å². The van der Waals surface area contributed by atoms with Gasteiger partial charge in [0, 0.05) is 5.56 Å². The number of aliphatic carboxylic acids is 1. The molecule has 98 valence electrons. The number of Topliss-reactive ketones (excluding diaryl/α,β-unsaturated/α-hetero) is 1. The lowest BCUT2D eigenvalue weighted by Crippen LogP contribution is -2.33. The Balaban J connectivity index is 3.28. The Bertz CT molecular complexity index is 478. The zero-order valence-electron chi connectivity index (χ0n) is 11.3. The van der Waals surface area contributed by atoms with Crippen LogP contribution in [0.3, 0.4) is 0 Å². The Morgan fingerprint density at radius 1 is 1.17 bits per heavy atom. The maximum atomic E-state index is 12.2. The van der Waals surface area contributed by atoms with Crippen LogP contribution in [0, 0.1) is 19.3 Å². The molecule has 0 saturated heterocycles. The van der Waals surface area contributed by atoms with E-state index in [0.717, 1.165) is 16.9 Å². The van der Waals surface area contributed by atoms with Crippen molar-refractivity contribution in [2.24, 2.45) is 5.41 Å². The molecular weight excluding hydrogens is 232 g/mol. The molecule has 0 spiro atoms. The summed E-state index contributed by atoms with van der Waals surface area (Å²) in [7, 11) is 1.57. The molecule has 0 atom stereocenters. The van der Waals surface area contributed by atoms with E-state index in [1.54, 1.807) is 19.2 Å². The van der Waals surface area contributed by atoms with E-state index in [-0.39, 0.29) is 0 Å². The van der Waals surface area contributed by atoms with Crippen LogP contribution < -0.4 is 4.74 Å². The number of hydrogen-bond donors (Lipinski definition) is 1. The van der Waals surface area contributed by atoms with E-state index in [1.807, 2.05) is 13.8 Å². The molecule has 0 amide bonds. The fourth-order valence-corrected chi connectivity index (χ4v) is 1.86. The Morgan fingerprint density at radius 2 is 1.61 bits per heavy atom. The first-order chi connectivity index (χ1) is 8.21. The molecule has 0 aliphatic heterocycles.